The van der Waals surface area contributed by atoms with Crippen LogP contribution in [0.3, 0.4) is 0 Å². The topological polar surface area (TPSA) is 64.3 Å². The average Bonchev–Trinajstić information content (AvgIpc) is 2.14. The molecule has 0 spiro atoms. The van der Waals surface area contributed by atoms with E-state index in [0.717, 1.165) is 0 Å². The number of nitrogens with two attached hydrogens (primary N) is 1. The lowest BCUT2D eigenvalue weighted by atomic mass is 10.1. The second-order valence-electron chi connectivity index (χ2n) is 3.37. The molecule has 15 heavy (non-hydrogen) atoms. The standard InChI is InChI=1S/C8H10F2N4O/c1-15-5-2-6(11)12-13-7(5)14-3-8(9,10)4-14/h2H,3-4H2,1H3,(H2,11,12). The summed E-state index contributed by atoms with van der Waals surface area (Å²) in [6.07, 6.45) is 0. The average molecular weight is 216 g/mol. The minimum Gasteiger partial charge on any atom is -0.493 e. The second-order valence-corrected chi connectivity index (χ2v) is 3.37. The first-order valence-electron chi connectivity index (χ1n) is 4.32. The lowest BCUT2D eigenvalue weighted by Crippen LogP contribution is -2.56. The Hall–Kier alpha value is -1.66. The van der Waals surface area contributed by atoms with E-state index in [1.165, 1.54) is 18.1 Å². The van der Waals surface area contributed by atoms with Gasteiger partial charge in [-0.2, -0.15) is 0 Å². The molecule has 1 aliphatic rings. The zero-order valence-corrected chi connectivity index (χ0v) is 8.07. The van der Waals surface area contributed by atoms with Crippen LogP contribution in [0.2, 0.25) is 0 Å². The molecule has 0 aliphatic carbocycles. The van der Waals surface area contributed by atoms with Crippen LogP contribution in [0, 0.1) is 0 Å². The summed E-state index contributed by atoms with van der Waals surface area (Å²) >= 11 is 0. The Bertz CT molecular complexity index is 377. The van der Waals surface area contributed by atoms with Gasteiger partial charge in [0.25, 0.3) is 5.92 Å². The number of nitrogen functional groups attached to an aromatic ring is 1. The van der Waals surface area contributed by atoms with Crippen molar-refractivity contribution in [1.29, 1.82) is 0 Å². The van der Waals surface area contributed by atoms with Crippen molar-refractivity contribution in [1.82, 2.24) is 10.2 Å². The van der Waals surface area contributed by atoms with Crippen LogP contribution in [0.5, 0.6) is 5.75 Å². The third-order valence-corrected chi connectivity index (χ3v) is 2.12. The molecule has 0 saturated carbocycles. The van der Waals surface area contributed by atoms with Crippen LogP contribution in [0.25, 0.3) is 0 Å². The fourth-order valence-electron chi connectivity index (χ4n) is 1.41. The number of rotatable bonds is 2. The Kier molecular flexibility index (Phi) is 2.09. The van der Waals surface area contributed by atoms with E-state index in [0.29, 0.717) is 11.6 Å². The second kappa shape index (κ2) is 3.18. The van der Waals surface area contributed by atoms with Crippen molar-refractivity contribution in [3.63, 3.8) is 0 Å². The van der Waals surface area contributed by atoms with Gasteiger partial charge < -0.3 is 15.4 Å². The highest BCUT2D eigenvalue weighted by Crippen LogP contribution is 2.35. The van der Waals surface area contributed by atoms with Crippen LogP contribution >= 0.6 is 0 Å². The number of nitrogens with zero attached hydrogens (tertiary/aromatic N) is 3. The minimum absolute atomic E-state index is 0.197. The smallest absolute Gasteiger partial charge is 0.282 e. The summed E-state index contributed by atoms with van der Waals surface area (Å²) in [5.74, 6) is -1.79. The van der Waals surface area contributed by atoms with Gasteiger partial charge in [-0.3, -0.25) is 0 Å². The van der Waals surface area contributed by atoms with Gasteiger partial charge in [0, 0.05) is 6.07 Å². The highest BCUT2D eigenvalue weighted by molar-refractivity contribution is 5.57. The van der Waals surface area contributed by atoms with Crippen LogP contribution < -0.4 is 15.4 Å². The van der Waals surface area contributed by atoms with Crippen LogP contribution in [0.4, 0.5) is 20.4 Å². The molecule has 0 radical (unpaired) electrons. The monoisotopic (exact) mass is 216 g/mol. The van der Waals surface area contributed by atoms with Crippen LogP contribution in [0.15, 0.2) is 6.07 Å². The number of anilines is 2. The number of ether oxygens (including phenoxy) is 1. The number of alkyl halides is 2. The third-order valence-electron chi connectivity index (χ3n) is 2.12. The molecule has 0 amide bonds. The number of hydrogen-bond acceptors (Lipinski definition) is 5. The first-order valence-corrected chi connectivity index (χ1v) is 4.32. The lowest BCUT2D eigenvalue weighted by Gasteiger charge is -2.39. The van der Waals surface area contributed by atoms with Gasteiger partial charge in [0.15, 0.2) is 11.6 Å². The molecule has 1 aromatic rings. The van der Waals surface area contributed by atoms with E-state index < -0.39 is 5.92 Å². The molecule has 2 N–H and O–H groups in total. The SMILES string of the molecule is COc1cc(N)nnc1N1CC(F)(F)C1. The Morgan fingerprint density at radius 2 is 2.13 bits per heavy atom. The fraction of sp³-hybridized carbons (Fsp3) is 0.500. The van der Waals surface area contributed by atoms with Gasteiger partial charge in [-0.15, -0.1) is 10.2 Å². The molecule has 0 unspecified atom stereocenters. The predicted octanol–water partition coefficient (Wildman–Crippen LogP) is 0.523. The molecule has 1 fully saturated rings. The van der Waals surface area contributed by atoms with Gasteiger partial charge in [-0.1, -0.05) is 0 Å². The van der Waals surface area contributed by atoms with Crippen LogP contribution in [-0.4, -0.2) is 36.3 Å². The van der Waals surface area contributed by atoms with Crippen molar-refractivity contribution in [2.24, 2.45) is 0 Å². The summed E-state index contributed by atoms with van der Waals surface area (Å²) in [7, 11) is 1.43. The molecule has 5 nitrogen and oxygen atoms in total. The first-order chi connectivity index (χ1) is 7.02. The number of methoxy groups -OCH3 is 1. The summed E-state index contributed by atoms with van der Waals surface area (Å²) in [6.45, 7) is -0.718. The van der Waals surface area contributed by atoms with Crippen molar-refractivity contribution < 1.29 is 13.5 Å². The van der Waals surface area contributed by atoms with Crippen molar-refractivity contribution >= 4 is 11.6 Å². The molecule has 0 bridgehead atoms. The zero-order chi connectivity index (χ0) is 11.1. The van der Waals surface area contributed by atoms with Gasteiger partial charge in [0.1, 0.15) is 5.82 Å². The first kappa shape index (κ1) is 9.88. The molecule has 1 aromatic heterocycles. The van der Waals surface area contributed by atoms with E-state index in [1.807, 2.05) is 0 Å². The van der Waals surface area contributed by atoms with Crippen molar-refractivity contribution in [3.05, 3.63) is 6.07 Å². The largest absolute Gasteiger partial charge is 0.493 e. The van der Waals surface area contributed by atoms with Gasteiger partial charge in [-0.25, -0.2) is 8.78 Å². The Balaban J connectivity index is 2.22. The quantitative estimate of drug-likeness (QED) is 0.780. The van der Waals surface area contributed by atoms with Crippen molar-refractivity contribution in [2.45, 2.75) is 5.92 Å². The fourth-order valence-corrected chi connectivity index (χ4v) is 1.41. The molecule has 82 valence electrons. The highest BCUT2D eigenvalue weighted by atomic mass is 19.3. The summed E-state index contributed by atoms with van der Waals surface area (Å²) in [6, 6.07) is 1.46. The maximum absolute atomic E-state index is 12.6. The van der Waals surface area contributed by atoms with Crippen molar-refractivity contribution in [3.8, 4) is 5.75 Å². The molecule has 0 aromatic carbocycles. The highest BCUT2D eigenvalue weighted by Gasteiger charge is 2.45. The van der Waals surface area contributed by atoms with Crippen LogP contribution in [0.1, 0.15) is 0 Å². The molecular weight excluding hydrogens is 206 g/mol. The minimum atomic E-state index is -2.64. The van der Waals surface area contributed by atoms with Gasteiger partial charge in [-0.05, 0) is 0 Å². The van der Waals surface area contributed by atoms with E-state index >= 15 is 0 Å². The van der Waals surface area contributed by atoms with Gasteiger partial charge in [0.05, 0.1) is 20.2 Å². The van der Waals surface area contributed by atoms with E-state index in [4.69, 9.17) is 10.5 Å². The number of halogens is 2. The molecule has 1 saturated heterocycles. The molecule has 1 aliphatic heterocycles. The summed E-state index contributed by atoms with van der Waals surface area (Å²) in [5, 5.41) is 7.33. The number of hydrogen-bond donors (Lipinski definition) is 1. The molecule has 0 atom stereocenters. The molecule has 2 rings (SSSR count). The Morgan fingerprint density at radius 1 is 1.47 bits per heavy atom. The Labute approximate surface area is 84.8 Å². The maximum Gasteiger partial charge on any atom is 0.282 e. The van der Waals surface area contributed by atoms with E-state index in [9.17, 15) is 8.78 Å². The Morgan fingerprint density at radius 3 is 2.67 bits per heavy atom. The molecular formula is C8H10F2N4O. The summed E-state index contributed by atoms with van der Waals surface area (Å²) < 4.78 is 30.2. The predicted molar refractivity (Wildman–Crippen MR) is 50.2 cm³/mol. The summed E-state index contributed by atoms with van der Waals surface area (Å²) in [4.78, 5) is 1.39. The lowest BCUT2D eigenvalue weighted by molar-refractivity contribution is -0.0269. The van der Waals surface area contributed by atoms with Gasteiger partial charge in [0.2, 0.25) is 0 Å². The van der Waals surface area contributed by atoms with Crippen LogP contribution in [-0.2, 0) is 0 Å². The van der Waals surface area contributed by atoms with Crippen molar-refractivity contribution in [2.75, 3.05) is 30.8 Å². The molecule has 2 heterocycles. The zero-order valence-electron chi connectivity index (χ0n) is 8.07. The van der Waals surface area contributed by atoms with E-state index in [2.05, 4.69) is 10.2 Å². The third kappa shape index (κ3) is 1.77. The number of aromatic nitrogens is 2. The van der Waals surface area contributed by atoms with Gasteiger partial charge >= 0.3 is 0 Å². The van der Waals surface area contributed by atoms with E-state index in [-0.39, 0.29) is 18.9 Å². The van der Waals surface area contributed by atoms with E-state index in [1.54, 1.807) is 0 Å². The maximum atomic E-state index is 12.6. The summed E-state index contributed by atoms with van der Waals surface area (Å²) in [5.41, 5.74) is 5.40. The molecule has 7 heteroatoms. The normalized spacial score (nSPS) is 18.5.